The van der Waals surface area contributed by atoms with E-state index in [1.807, 2.05) is 5.38 Å². The van der Waals surface area contributed by atoms with Crippen LogP contribution in [0.15, 0.2) is 50.5 Å². The van der Waals surface area contributed by atoms with Crippen LogP contribution in [-0.2, 0) is 4.79 Å². The van der Waals surface area contributed by atoms with Gasteiger partial charge in [0.2, 0.25) is 0 Å². The number of halogens is 3. The summed E-state index contributed by atoms with van der Waals surface area (Å²) in [4.78, 5) is 20.5. The maximum absolute atomic E-state index is 13.4. The summed E-state index contributed by atoms with van der Waals surface area (Å²) < 4.78 is 13.9. The van der Waals surface area contributed by atoms with Crippen LogP contribution in [0.25, 0.3) is 0 Å². The summed E-state index contributed by atoms with van der Waals surface area (Å²) in [5, 5.41) is 15.5. The standard InChI is InChI=1S/C15H10Br2FN3O2S/c16-6-10-11(15(22)23)12(8-2-1-7(18)5-9(8)17)21-13(20-10)14-19-3-4-24-14/h1-5,12H,6H2,(H,20,21)(H,22,23). The fourth-order valence-electron chi connectivity index (χ4n) is 2.35. The van der Waals surface area contributed by atoms with E-state index in [-0.39, 0.29) is 5.57 Å². The fraction of sp³-hybridized carbons (Fsp3) is 0.133. The van der Waals surface area contributed by atoms with Gasteiger partial charge in [0.05, 0.1) is 5.57 Å². The summed E-state index contributed by atoms with van der Waals surface area (Å²) in [7, 11) is 0. The Hall–Kier alpha value is -1.58. The third kappa shape index (κ3) is 3.28. The van der Waals surface area contributed by atoms with Crippen molar-refractivity contribution in [1.82, 2.24) is 10.3 Å². The number of hydrogen-bond acceptors (Lipinski definition) is 5. The Balaban J connectivity index is 2.17. The lowest BCUT2D eigenvalue weighted by Crippen LogP contribution is -2.34. The van der Waals surface area contributed by atoms with E-state index < -0.39 is 17.8 Å². The predicted octanol–water partition coefficient (Wildman–Crippen LogP) is 3.87. The predicted molar refractivity (Wildman–Crippen MR) is 97.1 cm³/mol. The molecule has 1 aromatic heterocycles. The Morgan fingerprint density at radius 2 is 2.25 bits per heavy atom. The number of carboxylic acids is 1. The summed E-state index contributed by atoms with van der Waals surface area (Å²) in [6, 6.07) is 3.34. The van der Waals surface area contributed by atoms with Crippen molar-refractivity contribution >= 4 is 55.0 Å². The van der Waals surface area contributed by atoms with E-state index in [1.165, 1.54) is 29.5 Å². The molecule has 1 aromatic carbocycles. The SMILES string of the molecule is O=C(O)C1=C(CBr)NC(c2nccs2)=NC1c1ccc(F)cc1Br. The first-order valence-electron chi connectivity index (χ1n) is 6.73. The van der Waals surface area contributed by atoms with E-state index in [0.29, 0.717) is 31.9 Å². The number of alkyl halides is 1. The molecule has 24 heavy (non-hydrogen) atoms. The first-order chi connectivity index (χ1) is 11.5. The molecule has 2 aromatic rings. The number of aromatic nitrogens is 1. The summed E-state index contributed by atoms with van der Waals surface area (Å²) in [6.45, 7) is 0. The second kappa shape index (κ2) is 7.12. The molecule has 3 rings (SSSR count). The van der Waals surface area contributed by atoms with Crippen LogP contribution in [0, 0.1) is 5.82 Å². The Labute approximate surface area is 157 Å². The molecular formula is C15H10Br2FN3O2S. The molecule has 1 aliphatic heterocycles. The largest absolute Gasteiger partial charge is 0.478 e. The van der Waals surface area contributed by atoms with Gasteiger partial charge in [-0.2, -0.15) is 0 Å². The molecule has 124 valence electrons. The molecule has 0 radical (unpaired) electrons. The molecule has 0 amide bonds. The second-order valence-electron chi connectivity index (χ2n) is 4.84. The summed E-state index contributed by atoms with van der Waals surface area (Å²) in [6.07, 6.45) is 1.65. The highest BCUT2D eigenvalue weighted by Gasteiger charge is 2.32. The minimum Gasteiger partial charge on any atom is -0.478 e. The van der Waals surface area contributed by atoms with Crippen LogP contribution < -0.4 is 5.32 Å². The Morgan fingerprint density at radius 1 is 1.46 bits per heavy atom. The van der Waals surface area contributed by atoms with Gasteiger partial charge in [-0.3, -0.25) is 4.99 Å². The minimum absolute atomic E-state index is 0.111. The molecule has 1 unspecified atom stereocenters. The smallest absolute Gasteiger partial charge is 0.335 e. The van der Waals surface area contributed by atoms with Crippen LogP contribution in [0.3, 0.4) is 0 Å². The number of allylic oxidation sites excluding steroid dienone is 1. The average molecular weight is 475 g/mol. The quantitative estimate of drug-likeness (QED) is 0.659. The van der Waals surface area contributed by atoms with E-state index in [2.05, 4.69) is 47.2 Å². The number of amidine groups is 1. The number of carbonyl (C=O) groups is 1. The minimum atomic E-state index is -1.08. The van der Waals surface area contributed by atoms with Crippen molar-refractivity contribution in [2.75, 3.05) is 5.33 Å². The molecule has 2 N–H and O–H groups in total. The molecule has 1 aliphatic rings. The topological polar surface area (TPSA) is 74.6 Å². The fourth-order valence-corrected chi connectivity index (χ4v) is 3.95. The van der Waals surface area contributed by atoms with Crippen molar-refractivity contribution in [2.45, 2.75) is 6.04 Å². The number of rotatable bonds is 4. The van der Waals surface area contributed by atoms with Crippen LogP contribution in [0.1, 0.15) is 16.6 Å². The molecule has 9 heteroatoms. The zero-order valence-corrected chi connectivity index (χ0v) is 16.0. The molecule has 0 bridgehead atoms. The molecule has 2 heterocycles. The van der Waals surface area contributed by atoms with Gasteiger partial charge in [-0.25, -0.2) is 14.2 Å². The van der Waals surface area contributed by atoms with Crippen molar-refractivity contribution < 1.29 is 14.3 Å². The van der Waals surface area contributed by atoms with Crippen molar-refractivity contribution in [2.24, 2.45) is 4.99 Å². The van der Waals surface area contributed by atoms with Crippen LogP contribution in [0.2, 0.25) is 0 Å². The number of carboxylic acid groups (broad SMARTS) is 1. The monoisotopic (exact) mass is 473 g/mol. The first-order valence-corrected chi connectivity index (χ1v) is 9.52. The molecule has 0 aliphatic carbocycles. The van der Waals surface area contributed by atoms with Crippen LogP contribution in [0.4, 0.5) is 4.39 Å². The van der Waals surface area contributed by atoms with E-state index in [0.717, 1.165) is 0 Å². The maximum Gasteiger partial charge on any atom is 0.335 e. The molecule has 0 saturated heterocycles. The number of aliphatic carboxylic acids is 1. The highest BCUT2D eigenvalue weighted by molar-refractivity contribution is 9.10. The zero-order valence-electron chi connectivity index (χ0n) is 12.0. The lowest BCUT2D eigenvalue weighted by atomic mass is 9.96. The molecule has 0 saturated carbocycles. The van der Waals surface area contributed by atoms with Gasteiger partial charge in [0, 0.05) is 27.1 Å². The summed E-state index contributed by atoms with van der Waals surface area (Å²) in [5.41, 5.74) is 1.17. The van der Waals surface area contributed by atoms with E-state index in [1.54, 1.807) is 6.20 Å². The normalized spacial score (nSPS) is 17.5. The molecule has 1 atom stereocenters. The Kier molecular flexibility index (Phi) is 5.12. The lowest BCUT2D eigenvalue weighted by molar-refractivity contribution is -0.133. The average Bonchev–Trinajstić information content (AvgIpc) is 3.08. The Morgan fingerprint density at radius 3 is 2.83 bits per heavy atom. The molecule has 5 nitrogen and oxygen atoms in total. The van der Waals surface area contributed by atoms with Crippen molar-refractivity contribution in [3.8, 4) is 0 Å². The third-order valence-electron chi connectivity index (χ3n) is 3.38. The van der Waals surface area contributed by atoms with Gasteiger partial charge in [0.15, 0.2) is 10.8 Å². The number of nitrogens with one attached hydrogen (secondary N) is 1. The van der Waals surface area contributed by atoms with Gasteiger partial charge in [0.1, 0.15) is 11.9 Å². The first kappa shape index (κ1) is 17.2. The number of thiazole rings is 1. The van der Waals surface area contributed by atoms with Crippen LogP contribution in [0.5, 0.6) is 0 Å². The number of hydrogen-bond donors (Lipinski definition) is 2. The lowest BCUT2D eigenvalue weighted by Gasteiger charge is -2.25. The van der Waals surface area contributed by atoms with Gasteiger partial charge < -0.3 is 10.4 Å². The van der Waals surface area contributed by atoms with Crippen LogP contribution >= 0.6 is 43.2 Å². The van der Waals surface area contributed by atoms with Gasteiger partial charge in [-0.1, -0.05) is 37.9 Å². The van der Waals surface area contributed by atoms with Crippen molar-refractivity contribution in [3.05, 3.63) is 61.9 Å². The van der Waals surface area contributed by atoms with Gasteiger partial charge in [-0.15, -0.1) is 11.3 Å². The van der Waals surface area contributed by atoms with Gasteiger partial charge in [-0.05, 0) is 17.7 Å². The van der Waals surface area contributed by atoms with Crippen LogP contribution in [-0.4, -0.2) is 27.2 Å². The highest BCUT2D eigenvalue weighted by atomic mass is 79.9. The van der Waals surface area contributed by atoms with E-state index in [4.69, 9.17) is 0 Å². The van der Waals surface area contributed by atoms with Gasteiger partial charge in [0.25, 0.3) is 0 Å². The maximum atomic E-state index is 13.4. The summed E-state index contributed by atoms with van der Waals surface area (Å²) in [5.74, 6) is -1.00. The number of aliphatic imine (C=N–C) groups is 1. The Bertz CT molecular complexity index is 852. The zero-order chi connectivity index (χ0) is 17.3. The molecular weight excluding hydrogens is 465 g/mol. The van der Waals surface area contributed by atoms with Crippen molar-refractivity contribution in [3.63, 3.8) is 0 Å². The molecule has 0 fully saturated rings. The highest BCUT2D eigenvalue weighted by Crippen LogP contribution is 2.36. The number of nitrogens with zero attached hydrogens (tertiary/aromatic N) is 2. The number of benzene rings is 1. The second-order valence-corrected chi connectivity index (χ2v) is 7.15. The molecule has 0 spiro atoms. The third-order valence-corrected chi connectivity index (χ3v) is 5.41. The van der Waals surface area contributed by atoms with E-state index >= 15 is 0 Å². The summed E-state index contributed by atoms with van der Waals surface area (Å²) >= 11 is 8.01. The van der Waals surface area contributed by atoms with E-state index in [9.17, 15) is 14.3 Å². The van der Waals surface area contributed by atoms with Crippen molar-refractivity contribution in [1.29, 1.82) is 0 Å². The van der Waals surface area contributed by atoms with Gasteiger partial charge >= 0.3 is 5.97 Å².